The van der Waals surface area contributed by atoms with Gasteiger partial charge in [-0.1, -0.05) is 5.16 Å². The topological polar surface area (TPSA) is 38.9 Å². The molecule has 0 radical (unpaired) electrons. The molecule has 1 saturated heterocycles. The van der Waals surface area contributed by atoms with Gasteiger partial charge in [0, 0.05) is 11.7 Å². The summed E-state index contributed by atoms with van der Waals surface area (Å²) in [6, 6.07) is 0. The molecule has 0 spiro atoms. The quantitative estimate of drug-likeness (QED) is 0.774. The van der Waals surface area contributed by atoms with Crippen molar-refractivity contribution in [1.29, 1.82) is 0 Å². The predicted molar refractivity (Wildman–Crippen MR) is 56.2 cm³/mol. The van der Waals surface area contributed by atoms with Crippen LogP contribution in [0.1, 0.15) is 24.1 Å². The second-order valence-corrected chi connectivity index (χ2v) is 5.06. The van der Waals surface area contributed by atoms with Gasteiger partial charge in [0.1, 0.15) is 0 Å². The third-order valence-corrected chi connectivity index (χ3v) is 3.75. The van der Waals surface area contributed by atoms with Crippen LogP contribution in [0.5, 0.6) is 0 Å². The molecule has 0 N–H and O–H groups in total. The molecule has 0 amide bonds. The summed E-state index contributed by atoms with van der Waals surface area (Å²) in [7, 11) is 0. The number of thioether (sulfide) groups is 2. The molecule has 3 nitrogen and oxygen atoms in total. The minimum absolute atomic E-state index is 0.508. The fraction of sp³-hybridized carbons (Fsp3) is 0.750. The van der Waals surface area contributed by atoms with Crippen LogP contribution in [0.25, 0.3) is 0 Å². The second kappa shape index (κ2) is 4.37. The molecule has 2 heterocycles. The Kier molecular flexibility index (Phi) is 3.16. The first-order valence-corrected chi connectivity index (χ1v) is 6.84. The van der Waals surface area contributed by atoms with Crippen LogP contribution in [-0.4, -0.2) is 27.9 Å². The zero-order valence-electron chi connectivity index (χ0n) is 7.52. The van der Waals surface area contributed by atoms with Crippen molar-refractivity contribution in [3.05, 3.63) is 11.7 Å². The lowest BCUT2D eigenvalue weighted by molar-refractivity contribution is 0.357. The maximum atomic E-state index is 5.21. The molecule has 2 rings (SSSR count). The molecule has 0 saturated carbocycles. The van der Waals surface area contributed by atoms with Crippen LogP contribution in [0.2, 0.25) is 0 Å². The summed E-state index contributed by atoms with van der Waals surface area (Å²) < 4.78 is 5.21. The Bertz CT molecular complexity index is 271. The molecule has 0 aliphatic carbocycles. The van der Waals surface area contributed by atoms with Crippen LogP contribution >= 0.6 is 23.5 Å². The number of aromatic nitrogens is 2. The first-order chi connectivity index (χ1) is 6.40. The highest BCUT2D eigenvalue weighted by Crippen LogP contribution is 2.31. The SMILES string of the molecule is CSCc1noc(C2CCSC2)n1. The van der Waals surface area contributed by atoms with Gasteiger partial charge in [0.05, 0.1) is 5.75 Å². The van der Waals surface area contributed by atoms with Crippen LogP contribution in [-0.2, 0) is 5.75 Å². The third-order valence-electron chi connectivity index (χ3n) is 2.04. The Morgan fingerprint density at radius 3 is 3.31 bits per heavy atom. The molecule has 0 aromatic carbocycles. The minimum Gasteiger partial charge on any atom is -0.339 e. The molecule has 13 heavy (non-hydrogen) atoms. The second-order valence-electron chi connectivity index (χ2n) is 3.04. The summed E-state index contributed by atoms with van der Waals surface area (Å²) in [6.45, 7) is 0. The molecule has 1 aliphatic heterocycles. The zero-order chi connectivity index (χ0) is 9.10. The van der Waals surface area contributed by atoms with Crippen molar-refractivity contribution in [2.24, 2.45) is 0 Å². The number of rotatable bonds is 3. The predicted octanol–water partition coefficient (Wildman–Crippen LogP) is 2.15. The highest BCUT2D eigenvalue weighted by Gasteiger charge is 2.23. The lowest BCUT2D eigenvalue weighted by atomic mass is 10.1. The van der Waals surface area contributed by atoms with Crippen molar-refractivity contribution in [3.63, 3.8) is 0 Å². The van der Waals surface area contributed by atoms with E-state index in [1.165, 1.54) is 12.2 Å². The van der Waals surface area contributed by atoms with Gasteiger partial charge in [0.15, 0.2) is 5.82 Å². The summed E-state index contributed by atoms with van der Waals surface area (Å²) in [5, 5.41) is 3.93. The molecular formula is C8H12N2OS2. The molecule has 0 bridgehead atoms. The normalized spacial score (nSPS) is 22.4. The Morgan fingerprint density at radius 2 is 2.62 bits per heavy atom. The van der Waals surface area contributed by atoms with Gasteiger partial charge in [0.25, 0.3) is 0 Å². The van der Waals surface area contributed by atoms with Gasteiger partial charge in [0.2, 0.25) is 5.89 Å². The van der Waals surface area contributed by atoms with E-state index in [2.05, 4.69) is 10.1 Å². The zero-order valence-corrected chi connectivity index (χ0v) is 9.16. The minimum atomic E-state index is 0.508. The average molecular weight is 216 g/mol. The van der Waals surface area contributed by atoms with E-state index in [-0.39, 0.29) is 0 Å². The van der Waals surface area contributed by atoms with Crippen LogP contribution in [0, 0.1) is 0 Å². The maximum absolute atomic E-state index is 5.21. The lowest BCUT2D eigenvalue weighted by Crippen LogP contribution is -1.96. The van der Waals surface area contributed by atoms with E-state index in [1.54, 1.807) is 11.8 Å². The van der Waals surface area contributed by atoms with Gasteiger partial charge in [-0.3, -0.25) is 0 Å². The van der Waals surface area contributed by atoms with Gasteiger partial charge in [-0.05, 0) is 18.4 Å². The molecule has 5 heteroatoms. The fourth-order valence-corrected chi connectivity index (χ4v) is 2.94. The molecule has 1 atom stereocenters. The Morgan fingerprint density at radius 1 is 1.69 bits per heavy atom. The highest BCUT2D eigenvalue weighted by molar-refractivity contribution is 7.99. The average Bonchev–Trinajstić information content (AvgIpc) is 2.70. The van der Waals surface area contributed by atoms with Crippen molar-refractivity contribution in [3.8, 4) is 0 Å². The number of nitrogens with zero attached hydrogens (tertiary/aromatic N) is 2. The molecule has 1 aliphatic rings. The fourth-order valence-electron chi connectivity index (χ4n) is 1.35. The Hall–Kier alpha value is -0.160. The van der Waals surface area contributed by atoms with Crippen LogP contribution < -0.4 is 0 Å². The summed E-state index contributed by atoms with van der Waals surface area (Å²) in [6.07, 6.45) is 3.23. The van der Waals surface area contributed by atoms with E-state index in [9.17, 15) is 0 Å². The van der Waals surface area contributed by atoms with Crippen molar-refractivity contribution < 1.29 is 4.52 Å². The summed E-state index contributed by atoms with van der Waals surface area (Å²) in [5.74, 6) is 5.40. The first kappa shape index (κ1) is 9.40. The van der Waals surface area contributed by atoms with Crippen molar-refractivity contribution in [2.75, 3.05) is 17.8 Å². The van der Waals surface area contributed by atoms with E-state index in [4.69, 9.17) is 4.52 Å². The summed E-state index contributed by atoms with van der Waals surface area (Å²) in [5.41, 5.74) is 0. The third kappa shape index (κ3) is 2.20. The smallest absolute Gasteiger partial charge is 0.230 e. The monoisotopic (exact) mass is 216 g/mol. The maximum Gasteiger partial charge on any atom is 0.230 e. The first-order valence-electron chi connectivity index (χ1n) is 4.29. The molecule has 72 valence electrons. The van der Waals surface area contributed by atoms with Gasteiger partial charge < -0.3 is 4.52 Å². The van der Waals surface area contributed by atoms with Crippen LogP contribution in [0.15, 0.2) is 4.52 Å². The molecule has 1 unspecified atom stereocenters. The van der Waals surface area contributed by atoms with E-state index in [1.807, 2.05) is 18.0 Å². The number of hydrogen-bond acceptors (Lipinski definition) is 5. The summed E-state index contributed by atoms with van der Waals surface area (Å²) >= 11 is 3.69. The van der Waals surface area contributed by atoms with Crippen LogP contribution in [0.3, 0.4) is 0 Å². The standard InChI is InChI=1S/C8H12N2OS2/c1-12-5-7-9-8(11-10-7)6-2-3-13-4-6/h6H,2-5H2,1H3. The molecule has 1 aromatic heterocycles. The van der Waals surface area contributed by atoms with Crippen LogP contribution in [0.4, 0.5) is 0 Å². The van der Waals surface area contributed by atoms with Gasteiger partial charge in [-0.25, -0.2) is 0 Å². The van der Waals surface area contributed by atoms with E-state index >= 15 is 0 Å². The summed E-state index contributed by atoms with van der Waals surface area (Å²) in [4.78, 5) is 4.37. The Labute approximate surface area is 86.0 Å². The van der Waals surface area contributed by atoms with Gasteiger partial charge in [-0.2, -0.15) is 28.5 Å². The lowest BCUT2D eigenvalue weighted by Gasteiger charge is -1.97. The van der Waals surface area contributed by atoms with Crippen molar-refractivity contribution in [2.45, 2.75) is 18.1 Å². The van der Waals surface area contributed by atoms with E-state index < -0.39 is 0 Å². The molecule has 1 aromatic rings. The van der Waals surface area contributed by atoms with E-state index in [0.717, 1.165) is 23.2 Å². The molecule has 1 fully saturated rings. The van der Waals surface area contributed by atoms with Gasteiger partial charge >= 0.3 is 0 Å². The van der Waals surface area contributed by atoms with Crippen molar-refractivity contribution >= 4 is 23.5 Å². The highest BCUT2D eigenvalue weighted by atomic mass is 32.2. The Balaban J connectivity index is 2.03. The van der Waals surface area contributed by atoms with Crippen molar-refractivity contribution in [1.82, 2.24) is 10.1 Å². The number of hydrogen-bond donors (Lipinski definition) is 0. The largest absolute Gasteiger partial charge is 0.339 e. The molecular weight excluding hydrogens is 204 g/mol. The van der Waals surface area contributed by atoms with E-state index in [0.29, 0.717) is 5.92 Å². The van der Waals surface area contributed by atoms with Gasteiger partial charge in [-0.15, -0.1) is 0 Å².